The van der Waals surface area contributed by atoms with Crippen molar-refractivity contribution in [1.82, 2.24) is 23.9 Å². The summed E-state index contributed by atoms with van der Waals surface area (Å²) in [7, 11) is 3.28. The number of rotatable bonds is 13. The van der Waals surface area contributed by atoms with Crippen LogP contribution in [0.2, 0.25) is 0 Å². The Morgan fingerprint density at radius 3 is 1.69 bits per heavy atom. The first kappa shape index (κ1) is 44.8. The van der Waals surface area contributed by atoms with Crippen molar-refractivity contribution in [2.24, 2.45) is 11.5 Å². The maximum absolute atomic E-state index is 11.6. The van der Waals surface area contributed by atoms with Crippen LogP contribution >= 0.6 is 0 Å². The number of aromatic nitrogens is 3. The van der Waals surface area contributed by atoms with E-state index in [2.05, 4.69) is 59.8 Å². The van der Waals surface area contributed by atoms with Gasteiger partial charge in [-0.05, 0) is 109 Å². The first-order valence-electron chi connectivity index (χ1n) is 22.2. The van der Waals surface area contributed by atoms with Gasteiger partial charge in [0.2, 0.25) is 17.7 Å². The molecule has 6 N–H and O–H groups in total. The summed E-state index contributed by atoms with van der Waals surface area (Å²) >= 11 is 0. The number of likely N-dealkylation sites (tertiary alicyclic amines) is 2. The lowest BCUT2D eigenvalue weighted by molar-refractivity contribution is -0.114. The second kappa shape index (κ2) is 19.5. The van der Waals surface area contributed by atoms with Gasteiger partial charge in [0.1, 0.15) is 22.8 Å². The molecule has 0 atom stereocenters. The SMILES string of the molecule is COc1cc(O)c(NC(C)=O)cc1CCN1CCC(n2ccc3ccc(C(N)=O)cc32)CC1.COc1cc2oc(C)nc2cc1CCN1CCC(n2ccc3ccc(C(N)=O)cc32)CC1. The Bertz CT molecular complexity index is 2850. The van der Waals surface area contributed by atoms with Crippen LogP contribution in [-0.2, 0) is 17.6 Å². The maximum atomic E-state index is 11.6. The van der Waals surface area contributed by atoms with Gasteiger partial charge in [-0.15, -0.1) is 0 Å². The van der Waals surface area contributed by atoms with Crippen LogP contribution in [0.4, 0.5) is 5.69 Å². The van der Waals surface area contributed by atoms with Gasteiger partial charge in [-0.25, -0.2) is 4.98 Å². The topological polar surface area (TPSA) is 196 Å². The number of piperidine rings is 2. The van der Waals surface area contributed by atoms with E-state index in [4.69, 9.17) is 25.4 Å². The Morgan fingerprint density at radius 1 is 0.723 bits per heavy atom. The predicted octanol–water partition coefficient (Wildman–Crippen LogP) is 7.37. The molecule has 7 aromatic rings. The summed E-state index contributed by atoms with van der Waals surface area (Å²) in [5.74, 6) is 1.10. The molecule has 2 saturated heterocycles. The molecule has 2 aliphatic heterocycles. The Labute approximate surface area is 377 Å². The maximum Gasteiger partial charge on any atom is 0.248 e. The van der Waals surface area contributed by atoms with Crippen LogP contribution in [0.1, 0.15) is 82.4 Å². The minimum absolute atomic E-state index is 0.00921. The summed E-state index contributed by atoms with van der Waals surface area (Å²) in [5.41, 5.74) is 18.3. The molecule has 65 heavy (non-hydrogen) atoms. The number of hydrogen-bond acceptors (Lipinski definition) is 10. The largest absolute Gasteiger partial charge is 0.506 e. The lowest BCUT2D eigenvalue weighted by Crippen LogP contribution is -2.35. The number of carbonyl (C=O) groups excluding carboxylic acids is 3. The number of anilines is 1. The number of amides is 3. The molecule has 2 fully saturated rings. The Morgan fingerprint density at radius 2 is 1.22 bits per heavy atom. The number of carbonyl (C=O) groups is 3. The number of aromatic hydroxyl groups is 1. The highest BCUT2D eigenvalue weighted by atomic mass is 16.5. The van der Waals surface area contributed by atoms with Crippen LogP contribution in [0, 0.1) is 6.92 Å². The Balaban J connectivity index is 0.000000177. The zero-order valence-electron chi connectivity index (χ0n) is 37.5. The molecule has 0 unspecified atom stereocenters. The molecule has 2 aliphatic rings. The number of ether oxygens (including phenoxy) is 2. The van der Waals surface area contributed by atoms with Gasteiger partial charge < -0.3 is 54.7 Å². The van der Waals surface area contributed by atoms with Crippen LogP contribution in [0.15, 0.2) is 89.6 Å². The molecular weight excluding hydrogens is 825 g/mol. The molecule has 0 radical (unpaired) electrons. The van der Waals surface area contributed by atoms with E-state index in [0.717, 1.165) is 128 Å². The summed E-state index contributed by atoms with van der Waals surface area (Å²) in [4.78, 5) is 44.0. The standard InChI is InChI=1S/C25H30N4O4.C25H28N4O3/c1-16(30)27-21-13-18(24(33-2)15-23(21)31)5-9-28-10-7-20(8-11-28)29-12-6-17-3-4-19(25(26)32)14-22(17)29;1-16-27-21-13-18(23(31-2)15-24(21)32-16)5-9-28-10-7-20(8-11-28)29-12-6-17-3-4-19(25(26)30)14-22(17)29/h3-4,6,12-15,20,31H,5,7-11H2,1-2H3,(H2,26,32)(H,27,30);3-4,6,12-15,20H,5,7-11H2,1-2H3,(H2,26,30). The van der Waals surface area contributed by atoms with Crippen LogP contribution < -0.4 is 26.3 Å². The van der Waals surface area contributed by atoms with E-state index < -0.39 is 5.91 Å². The van der Waals surface area contributed by atoms with Gasteiger partial charge >= 0.3 is 0 Å². The molecule has 5 heterocycles. The van der Waals surface area contributed by atoms with E-state index in [1.54, 1.807) is 38.5 Å². The first-order valence-corrected chi connectivity index (χ1v) is 22.2. The fourth-order valence-electron chi connectivity index (χ4n) is 9.43. The molecule has 340 valence electrons. The van der Waals surface area contributed by atoms with E-state index in [0.29, 0.717) is 40.5 Å². The summed E-state index contributed by atoms with van der Waals surface area (Å²) in [6.07, 6.45) is 10.0. The molecule has 0 spiro atoms. The monoisotopic (exact) mass is 882 g/mol. The van der Waals surface area contributed by atoms with Gasteiger partial charge in [0.25, 0.3) is 0 Å². The van der Waals surface area contributed by atoms with Crippen molar-refractivity contribution in [3.63, 3.8) is 0 Å². The summed E-state index contributed by atoms with van der Waals surface area (Å²) in [6.45, 7) is 9.09. The van der Waals surface area contributed by atoms with Crippen LogP contribution in [0.3, 0.4) is 0 Å². The fraction of sp³-hybridized carbons (Fsp3) is 0.360. The summed E-state index contributed by atoms with van der Waals surface area (Å²) < 4.78 is 21.2. The molecule has 0 bridgehead atoms. The number of phenols is 1. The van der Waals surface area contributed by atoms with Gasteiger partial charge in [0.05, 0.1) is 19.9 Å². The number of nitrogens with one attached hydrogen (secondary N) is 1. The van der Waals surface area contributed by atoms with Crippen molar-refractivity contribution in [2.45, 2.75) is 64.5 Å². The molecule has 3 aromatic heterocycles. The second-order valence-electron chi connectivity index (χ2n) is 17.1. The smallest absolute Gasteiger partial charge is 0.248 e. The van der Waals surface area contributed by atoms with E-state index in [1.807, 2.05) is 37.3 Å². The van der Waals surface area contributed by atoms with Gasteiger partial charge in [-0.1, -0.05) is 12.1 Å². The predicted molar refractivity (Wildman–Crippen MR) is 252 cm³/mol. The lowest BCUT2D eigenvalue weighted by Gasteiger charge is -2.33. The number of methoxy groups -OCH3 is 2. The van der Waals surface area contributed by atoms with E-state index in [9.17, 15) is 19.5 Å². The van der Waals surface area contributed by atoms with E-state index in [1.165, 1.54) is 6.92 Å². The summed E-state index contributed by atoms with van der Waals surface area (Å²) in [5, 5.41) is 15.0. The third kappa shape index (κ3) is 10.1. The number of phenolic OH excluding ortho intramolecular Hbond substituents is 1. The zero-order chi connectivity index (χ0) is 45.8. The average Bonchev–Trinajstić information content (AvgIpc) is 4.03. The number of aryl methyl sites for hydroxylation is 1. The minimum atomic E-state index is -0.411. The van der Waals surface area contributed by atoms with Crippen molar-refractivity contribution < 1.29 is 33.4 Å². The molecule has 15 nitrogen and oxygen atoms in total. The van der Waals surface area contributed by atoms with Crippen molar-refractivity contribution >= 4 is 56.3 Å². The second-order valence-corrected chi connectivity index (χ2v) is 17.1. The van der Waals surface area contributed by atoms with Crippen LogP contribution in [-0.4, -0.2) is 100 Å². The molecule has 4 aromatic carbocycles. The number of benzene rings is 4. The number of hydrogen-bond donors (Lipinski definition) is 4. The number of fused-ring (bicyclic) bond motifs is 3. The number of nitrogens with two attached hydrogens (primary N) is 2. The molecule has 3 amide bonds. The lowest BCUT2D eigenvalue weighted by atomic mass is 10.0. The average molecular weight is 883 g/mol. The van der Waals surface area contributed by atoms with Crippen molar-refractivity contribution in [2.75, 3.05) is 58.8 Å². The Kier molecular flexibility index (Phi) is 13.4. The van der Waals surface area contributed by atoms with Crippen LogP contribution in [0.25, 0.3) is 32.9 Å². The highest BCUT2D eigenvalue weighted by molar-refractivity contribution is 5.98. The quantitative estimate of drug-likeness (QED) is 0.0849. The van der Waals surface area contributed by atoms with E-state index in [-0.39, 0.29) is 17.6 Å². The molecule has 15 heteroatoms. The van der Waals surface area contributed by atoms with Crippen molar-refractivity contribution in [3.05, 3.63) is 113 Å². The Hall–Kier alpha value is -6.84. The van der Waals surface area contributed by atoms with Gasteiger partial charge in [-0.3, -0.25) is 14.4 Å². The number of nitrogens with zero attached hydrogens (tertiary/aromatic N) is 5. The zero-order valence-corrected chi connectivity index (χ0v) is 37.5. The van der Waals surface area contributed by atoms with Crippen LogP contribution in [0.5, 0.6) is 17.2 Å². The molecular formula is C50H58N8O7. The van der Waals surface area contributed by atoms with Crippen molar-refractivity contribution in [1.29, 1.82) is 0 Å². The third-order valence-electron chi connectivity index (χ3n) is 12.9. The molecule has 9 rings (SSSR count). The number of primary amides is 2. The van der Waals surface area contributed by atoms with Gasteiger partial charge in [0.15, 0.2) is 11.5 Å². The highest BCUT2D eigenvalue weighted by Crippen LogP contribution is 2.34. The normalized spacial score (nSPS) is 15.3. The fourth-order valence-corrected chi connectivity index (χ4v) is 9.43. The van der Waals surface area contributed by atoms with Crippen molar-refractivity contribution in [3.8, 4) is 17.2 Å². The van der Waals surface area contributed by atoms with E-state index >= 15 is 0 Å². The summed E-state index contributed by atoms with van der Waals surface area (Å²) in [6, 6.07) is 23.6. The highest BCUT2D eigenvalue weighted by Gasteiger charge is 2.24. The first-order chi connectivity index (χ1) is 31.4. The molecule has 0 aliphatic carbocycles. The minimum Gasteiger partial charge on any atom is -0.506 e. The van der Waals surface area contributed by atoms with Gasteiger partial charge in [-0.2, -0.15) is 0 Å². The molecule has 0 saturated carbocycles. The third-order valence-corrected chi connectivity index (χ3v) is 12.9. The van der Waals surface area contributed by atoms with Gasteiger partial charge in [0, 0.05) is 112 Å². The number of oxazole rings is 1.